The molecule has 0 radical (unpaired) electrons. The quantitative estimate of drug-likeness (QED) is 0.548. The molecule has 0 aromatic rings. The van der Waals surface area contributed by atoms with Crippen LogP contribution in [0, 0.1) is 5.92 Å². The van der Waals surface area contributed by atoms with Gasteiger partial charge in [0.25, 0.3) is 0 Å². The van der Waals surface area contributed by atoms with Gasteiger partial charge in [0, 0.05) is 0 Å². The smallest absolute Gasteiger partial charge is 0.347 e. The molecule has 0 aromatic heterocycles. The number of aliphatic carboxylic acids is 4. The van der Waals surface area contributed by atoms with Crippen LogP contribution < -0.4 is 0 Å². The molecule has 0 bridgehead atoms. The van der Waals surface area contributed by atoms with Crippen LogP contribution in [0.5, 0.6) is 0 Å². The second kappa shape index (κ2) is 5.31. The molecular formula is C11H8F2O8. The molecule has 8 nitrogen and oxygen atoms in total. The number of carboxylic acid groups (broad SMARTS) is 4. The highest BCUT2D eigenvalue weighted by Crippen LogP contribution is 2.42. The molecule has 2 unspecified atom stereocenters. The van der Waals surface area contributed by atoms with E-state index in [9.17, 15) is 28.0 Å². The van der Waals surface area contributed by atoms with Crippen molar-refractivity contribution in [2.45, 2.75) is 5.67 Å². The molecule has 0 spiro atoms. The summed E-state index contributed by atoms with van der Waals surface area (Å²) in [5.74, 6) is -11.2. The van der Waals surface area contributed by atoms with Gasteiger partial charge in [0.1, 0.15) is 6.67 Å². The van der Waals surface area contributed by atoms with Crippen LogP contribution in [-0.2, 0) is 19.2 Å². The summed E-state index contributed by atoms with van der Waals surface area (Å²) in [5, 5.41) is 35.3. The van der Waals surface area contributed by atoms with Gasteiger partial charge in [0.2, 0.25) is 5.67 Å². The fourth-order valence-electron chi connectivity index (χ4n) is 2.01. The largest absolute Gasteiger partial charge is 0.479 e. The Morgan fingerprint density at radius 2 is 1.57 bits per heavy atom. The van der Waals surface area contributed by atoms with Crippen molar-refractivity contribution in [3.63, 3.8) is 0 Å². The van der Waals surface area contributed by atoms with E-state index in [2.05, 4.69) is 0 Å². The summed E-state index contributed by atoms with van der Waals surface area (Å²) in [6, 6.07) is 0. The second-order valence-electron chi connectivity index (χ2n) is 4.02. The molecule has 0 aromatic carbocycles. The zero-order valence-corrected chi connectivity index (χ0v) is 10.0. The predicted octanol–water partition coefficient (Wildman–Crippen LogP) is -0.145. The fraction of sp³-hybridized carbons (Fsp3) is 0.273. The molecule has 1 aliphatic rings. The number of hydrogen-bond donors (Lipinski definition) is 4. The number of halogens is 2. The molecule has 1 rings (SSSR count). The van der Waals surface area contributed by atoms with Crippen molar-refractivity contribution in [2.75, 3.05) is 6.67 Å². The third kappa shape index (κ3) is 2.35. The molecular weight excluding hydrogens is 298 g/mol. The minimum atomic E-state index is -3.90. The molecule has 21 heavy (non-hydrogen) atoms. The standard InChI is InChI=1S/C11H8F2O8/c12-2-5-6(9(18)19)3(7(14)15)1-4(8(16)17)11(5,13)10(20)21/h1,5H,2H2,(H,14,15)(H,16,17)(H,18,19)(H,20,21). The van der Waals surface area contributed by atoms with Gasteiger partial charge in [-0.05, 0) is 6.08 Å². The number of carbonyl (C=O) groups is 4. The number of carboxylic acids is 4. The van der Waals surface area contributed by atoms with Gasteiger partial charge in [-0.1, -0.05) is 0 Å². The van der Waals surface area contributed by atoms with Crippen LogP contribution >= 0.6 is 0 Å². The van der Waals surface area contributed by atoms with Crippen LogP contribution in [0.2, 0.25) is 0 Å². The first-order chi connectivity index (χ1) is 9.58. The second-order valence-corrected chi connectivity index (χ2v) is 4.02. The van der Waals surface area contributed by atoms with Gasteiger partial charge >= 0.3 is 23.9 Å². The molecule has 2 atom stereocenters. The average Bonchev–Trinajstić information content (AvgIpc) is 2.36. The SMILES string of the molecule is O=C(O)C1=CC(C(=O)O)=C(C(=O)O)C(CF)C1(F)C(=O)O. The van der Waals surface area contributed by atoms with Crippen molar-refractivity contribution >= 4 is 23.9 Å². The summed E-state index contributed by atoms with van der Waals surface area (Å²) >= 11 is 0. The summed E-state index contributed by atoms with van der Waals surface area (Å²) < 4.78 is 27.5. The molecule has 1 aliphatic carbocycles. The van der Waals surface area contributed by atoms with Gasteiger partial charge in [0.15, 0.2) is 0 Å². The first kappa shape index (κ1) is 16.3. The third-order valence-corrected chi connectivity index (χ3v) is 2.96. The van der Waals surface area contributed by atoms with E-state index in [1.807, 2.05) is 0 Å². The molecule has 0 saturated heterocycles. The van der Waals surface area contributed by atoms with Crippen LogP contribution in [0.25, 0.3) is 0 Å². The highest BCUT2D eigenvalue weighted by atomic mass is 19.1. The summed E-state index contributed by atoms with van der Waals surface area (Å²) in [4.78, 5) is 43.8. The summed E-state index contributed by atoms with van der Waals surface area (Å²) in [7, 11) is 0. The van der Waals surface area contributed by atoms with Crippen LogP contribution in [0.1, 0.15) is 0 Å². The van der Waals surface area contributed by atoms with Gasteiger partial charge in [0.05, 0.1) is 22.6 Å². The highest BCUT2D eigenvalue weighted by Gasteiger charge is 2.58. The zero-order chi connectivity index (χ0) is 16.5. The van der Waals surface area contributed by atoms with Gasteiger partial charge in [-0.25, -0.2) is 23.6 Å². The molecule has 4 N–H and O–H groups in total. The summed E-state index contributed by atoms with van der Waals surface area (Å²) in [5.41, 5.74) is -7.98. The van der Waals surface area contributed by atoms with E-state index in [0.717, 1.165) is 0 Å². The van der Waals surface area contributed by atoms with Crippen molar-refractivity contribution in [1.82, 2.24) is 0 Å². The van der Waals surface area contributed by atoms with Crippen molar-refractivity contribution in [2.24, 2.45) is 5.92 Å². The van der Waals surface area contributed by atoms with E-state index in [0.29, 0.717) is 0 Å². The first-order valence-corrected chi connectivity index (χ1v) is 5.23. The van der Waals surface area contributed by atoms with Crippen molar-refractivity contribution in [3.8, 4) is 0 Å². The van der Waals surface area contributed by atoms with E-state index in [1.165, 1.54) is 0 Å². The van der Waals surface area contributed by atoms with Crippen LogP contribution in [0.3, 0.4) is 0 Å². The minimum absolute atomic E-state index is 0.0778. The minimum Gasteiger partial charge on any atom is -0.479 e. The van der Waals surface area contributed by atoms with Gasteiger partial charge in [-0.15, -0.1) is 0 Å². The predicted molar refractivity (Wildman–Crippen MR) is 59.0 cm³/mol. The van der Waals surface area contributed by atoms with Crippen LogP contribution in [0.4, 0.5) is 8.78 Å². The van der Waals surface area contributed by atoms with Crippen molar-refractivity contribution < 1.29 is 48.4 Å². The third-order valence-electron chi connectivity index (χ3n) is 2.96. The van der Waals surface area contributed by atoms with Gasteiger partial charge in [-0.2, -0.15) is 0 Å². The Morgan fingerprint density at radius 1 is 1.05 bits per heavy atom. The summed E-state index contributed by atoms with van der Waals surface area (Å²) in [6.07, 6.45) is 0.0778. The zero-order valence-electron chi connectivity index (χ0n) is 10.0. The lowest BCUT2D eigenvalue weighted by Crippen LogP contribution is -2.51. The maximum Gasteiger partial charge on any atom is 0.347 e. The summed E-state index contributed by atoms with van der Waals surface area (Å²) in [6.45, 7) is -1.91. The number of alkyl halides is 2. The Balaban J connectivity index is 3.82. The Hall–Kier alpha value is -2.78. The van der Waals surface area contributed by atoms with Crippen molar-refractivity contribution in [1.29, 1.82) is 0 Å². The maximum atomic E-state index is 14.5. The van der Waals surface area contributed by atoms with Gasteiger partial charge < -0.3 is 20.4 Å². The lowest BCUT2D eigenvalue weighted by atomic mass is 9.72. The number of hydrogen-bond acceptors (Lipinski definition) is 4. The molecule has 0 fully saturated rings. The Morgan fingerprint density at radius 3 is 1.86 bits per heavy atom. The normalized spacial score (nSPS) is 25.2. The monoisotopic (exact) mass is 306 g/mol. The Kier molecular flexibility index (Phi) is 4.11. The lowest BCUT2D eigenvalue weighted by Gasteiger charge is -2.32. The topological polar surface area (TPSA) is 149 Å². The van der Waals surface area contributed by atoms with E-state index >= 15 is 0 Å². The number of rotatable bonds is 5. The first-order valence-electron chi connectivity index (χ1n) is 5.23. The Labute approximate surface area is 114 Å². The molecule has 0 saturated carbocycles. The van der Waals surface area contributed by atoms with E-state index in [4.69, 9.17) is 20.4 Å². The molecule has 0 aliphatic heterocycles. The molecule has 0 amide bonds. The maximum absolute atomic E-state index is 14.5. The molecule has 10 heteroatoms. The Bertz CT molecular complexity index is 605. The van der Waals surface area contributed by atoms with Crippen LogP contribution in [0.15, 0.2) is 22.8 Å². The molecule has 0 heterocycles. The van der Waals surface area contributed by atoms with E-state index < -0.39 is 58.9 Å². The van der Waals surface area contributed by atoms with Crippen molar-refractivity contribution in [3.05, 3.63) is 22.8 Å². The van der Waals surface area contributed by atoms with E-state index in [1.54, 1.807) is 0 Å². The van der Waals surface area contributed by atoms with E-state index in [-0.39, 0.29) is 6.08 Å². The fourth-order valence-corrected chi connectivity index (χ4v) is 2.01. The van der Waals surface area contributed by atoms with Gasteiger partial charge in [-0.3, -0.25) is 4.39 Å². The molecule has 114 valence electrons. The van der Waals surface area contributed by atoms with Crippen LogP contribution in [-0.4, -0.2) is 56.6 Å². The lowest BCUT2D eigenvalue weighted by molar-refractivity contribution is -0.156. The average molecular weight is 306 g/mol. The highest BCUT2D eigenvalue weighted by molar-refractivity contribution is 6.09.